The van der Waals surface area contributed by atoms with Crippen molar-refractivity contribution < 1.29 is 5.11 Å². The van der Waals surface area contributed by atoms with Crippen LogP contribution in [0.5, 0.6) is 0 Å². The van der Waals surface area contributed by atoms with E-state index in [1.54, 1.807) is 0 Å². The van der Waals surface area contributed by atoms with Crippen LogP contribution in [0.4, 0.5) is 0 Å². The van der Waals surface area contributed by atoms with Crippen molar-refractivity contribution in [3.05, 3.63) is 0 Å². The van der Waals surface area contributed by atoms with Crippen molar-refractivity contribution in [2.24, 2.45) is 17.8 Å². The van der Waals surface area contributed by atoms with Crippen molar-refractivity contribution in [1.82, 2.24) is 10.2 Å². The van der Waals surface area contributed by atoms with Crippen molar-refractivity contribution in [3.8, 4) is 0 Å². The van der Waals surface area contributed by atoms with Crippen LogP contribution < -0.4 is 5.32 Å². The Morgan fingerprint density at radius 3 is 2.37 bits per heavy atom. The summed E-state index contributed by atoms with van der Waals surface area (Å²) < 4.78 is 0. The number of aliphatic hydroxyl groups excluding tert-OH is 1. The minimum Gasteiger partial charge on any atom is -0.395 e. The number of hydrogen-bond acceptors (Lipinski definition) is 3. The van der Waals surface area contributed by atoms with Crippen molar-refractivity contribution in [1.29, 1.82) is 0 Å². The molecule has 3 nitrogen and oxygen atoms in total. The molecule has 1 aliphatic rings. The van der Waals surface area contributed by atoms with Gasteiger partial charge in [-0.05, 0) is 57.9 Å². The van der Waals surface area contributed by atoms with E-state index in [9.17, 15) is 5.11 Å². The summed E-state index contributed by atoms with van der Waals surface area (Å²) in [5.74, 6) is 2.39. The molecule has 1 aliphatic carbocycles. The summed E-state index contributed by atoms with van der Waals surface area (Å²) in [6.45, 7) is 11.4. The molecule has 0 aromatic heterocycles. The van der Waals surface area contributed by atoms with E-state index in [0.717, 1.165) is 30.8 Å². The second-order valence-electron chi connectivity index (χ2n) is 6.78. The molecule has 1 fully saturated rings. The van der Waals surface area contributed by atoms with Gasteiger partial charge in [-0.1, -0.05) is 13.8 Å². The molecule has 1 saturated carbocycles. The van der Waals surface area contributed by atoms with Crippen molar-refractivity contribution >= 4 is 0 Å². The number of rotatable bonds is 7. The Morgan fingerprint density at radius 1 is 1.21 bits per heavy atom. The van der Waals surface area contributed by atoms with Crippen LogP contribution in [-0.2, 0) is 0 Å². The molecule has 1 rings (SSSR count). The van der Waals surface area contributed by atoms with E-state index in [-0.39, 0.29) is 6.61 Å². The fraction of sp³-hybridized carbons (Fsp3) is 1.00. The van der Waals surface area contributed by atoms with Gasteiger partial charge in [0.15, 0.2) is 0 Å². The van der Waals surface area contributed by atoms with Gasteiger partial charge in [-0.15, -0.1) is 0 Å². The SMILES string of the molecule is CNC1CCC(C(C)C)CC1CN(CCO)C(C)C. The maximum Gasteiger partial charge on any atom is 0.0558 e. The Kier molecular flexibility index (Phi) is 7.33. The summed E-state index contributed by atoms with van der Waals surface area (Å²) in [6, 6.07) is 1.17. The van der Waals surface area contributed by atoms with Crippen LogP contribution in [0.3, 0.4) is 0 Å². The quantitative estimate of drug-likeness (QED) is 0.745. The molecule has 0 spiro atoms. The molecule has 0 bridgehead atoms. The van der Waals surface area contributed by atoms with E-state index in [2.05, 4.69) is 45.0 Å². The molecule has 3 unspecified atom stereocenters. The molecule has 19 heavy (non-hydrogen) atoms. The van der Waals surface area contributed by atoms with Gasteiger partial charge in [0.2, 0.25) is 0 Å². The Bertz CT molecular complexity index is 243. The lowest BCUT2D eigenvalue weighted by molar-refractivity contribution is 0.0942. The van der Waals surface area contributed by atoms with Crippen LogP contribution in [0.2, 0.25) is 0 Å². The van der Waals surface area contributed by atoms with Gasteiger partial charge in [-0.25, -0.2) is 0 Å². The summed E-state index contributed by atoms with van der Waals surface area (Å²) in [4.78, 5) is 2.43. The van der Waals surface area contributed by atoms with Crippen molar-refractivity contribution in [2.45, 2.75) is 59.0 Å². The van der Waals surface area contributed by atoms with Crippen LogP contribution in [-0.4, -0.2) is 48.8 Å². The molecule has 2 N–H and O–H groups in total. The Hall–Kier alpha value is -0.120. The van der Waals surface area contributed by atoms with E-state index in [4.69, 9.17) is 0 Å². The summed E-state index contributed by atoms with van der Waals surface area (Å²) in [6.07, 6.45) is 3.99. The van der Waals surface area contributed by atoms with E-state index in [1.807, 2.05) is 0 Å². The molecular formula is C16H34N2O. The molecule has 0 saturated heterocycles. The Morgan fingerprint density at radius 2 is 1.89 bits per heavy atom. The molecule has 0 aromatic carbocycles. The normalized spacial score (nSPS) is 28.6. The van der Waals surface area contributed by atoms with Gasteiger partial charge in [-0.3, -0.25) is 4.90 Å². The van der Waals surface area contributed by atoms with E-state index in [1.165, 1.54) is 19.3 Å². The Balaban J connectivity index is 2.63. The zero-order valence-corrected chi connectivity index (χ0v) is 13.5. The predicted octanol–water partition coefficient (Wildman–Crippen LogP) is 2.35. The third kappa shape index (κ3) is 5.05. The first kappa shape index (κ1) is 16.9. The fourth-order valence-corrected chi connectivity index (χ4v) is 3.48. The van der Waals surface area contributed by atoms with Crippen LogP contribution in [0.15, 0.2) is 0 Å². The molecule has 0 radical (unpaired) electrons. The average Bonchev–Trinajstić information content (AvgIpc) is 2.37. The highest BCUT2D eigenvalue weighted by Gasteiger charge is 2.32. The monoisotopic (exact) mass is 270 g/mol. The summed E-state index contributed by atoms with van der Waals surface area (Å²) in [5, 5.41) is 12.7. The van der Waals surface area contributed by atoms with Crippen LogP contribution in [0.25, 0.3) is 0 Å². The van der Waals surface area contributed by atoms with Crippen LogP contribution >= 0.6 is 0 Å². The smallest absolute Gasteiger partial charge is 0.0558 e. The van der Waals surface area contributed by atoms with Gasteiger partial charge in [0, 0.05) is 25.2 Å². The zero-order valence-electron chi connectivity index (χ0n) is 13.5. The second kappa shape index (κ2) is 8.23. The number of aliphatic hydroxyl groups is 1. The molecule has 0 heterocycles. The highest BCUT2D eigenvalue weighted by Crippen LogP contribution is 2.34. The minimum atomic E-state index is 0.267. The van der Waals surface area contributed by atoms with Gasteiger partial charge in [0.25, 0.3) is 0 Å². The average molecular weight is 270 g/mol. The highest BCUT2D eigenvalue weighted by molar-refractivity contribution is 4.87. The molecule has 3 atom stereocenters. The lowest BCUT2D eigenvalue weighted by atomic mass is 9.73. The predicted molar refractivity (Wildman–Crippen MR) is 82.3 cm³/mol. The van der Waals surface area contributed by atoms with Gasteiger partial charge >= 0.3 is 0 Å². The molecule has 0 amide bonds. The summed E-state index contributed by atoms with van der Waals surface area (Å²) >= 11 is 0. The fourth-order valence-electron chi connectivity index (χ4n) is 3.48. The summed E-state index contributed by atoms with van der Waals surface area (Å²) in [7, 11) is 2.10. The first-order valence-electron chi connectivity index (χ1n) is 8.01. The largest absolute Gasteiger partial charge is 0.395 e. The zero-order chi connectivity index (χ0) is 14.4. The molecule has 0 aliphatic heterocycles. The van der Waals surface area contributed by atoms with E-state index < -0.39 is 0 Å². The Labute approximate surface area is 119 Å². The molecule has 3 heteroatoms. The topological polar surface area (TPSA) is 35.5 Å². The molecule has 114 valence electrons. The van der Waals surface area contributed by atoms with Gasteiger partial charge in [0.1, 0.15) is 0 Å². The van der Waals surface area contributed by atoms with Gasteiger partial charge < -0.3 is 10.4 Å². The van der Waals surface area contributed by atoms with E-state index >= 15 is 0 Å². The van der Waals surface area contributed by atoms with Gasteiger partial charge in [0.05, 0.1) is 6.61 Å². The molecule has 0 aromatic rings. The van der Waals surface area contributed by atoms with Crippen molar-refractivity contribution in [2.75, 3.05) is 26.7 Å². The van der Waals surface area contributed by atoms with Crippen LogP contribution in [0.1, 0.15) is 47.0 Å². The number of nitrogens with one attached hydrogen (secondary N) is 1. The number of nitrogens with zero attached hydrogens (tertiary/aromatic N) is 1. The second-order valence-corrected chi connectivity index (χ2v) is 6.78. The molecular weight excluding hydrogens is 236 g/mol. The van der Waals surface area contributed by atoms with Crippen molar-refractivity contribution in [3.63, 3.8) is 0 Å². The van der Waals surface area contributed by atoms with E-state index in [0.29, 0.717) is 12.1 Å². The lowest BCUT2D eigenvalue weighted by Crippen LogP contribution is -2.47. The van der Waals surface area contributed by atoms with Gasteiger partial charge in [-0.2, -0.15) is 0 Å². The highest BCUT2D eigenvalue weighted by atomic mass is 16.3. The lowest BCUT2D eigenvalue weighted by Gasteiger charge is -2.41. The first-order chi connectivity index (χ1) is 8.99. The minimum absolute atomic E-state index is 0.267. The third-order valence-electron chi connectivity index (χ3n) is 4.92. The third-order valence-corrected chi connectivity index (χ3v) is 4.92. The maximum atomic E-state index is 9.22. The number of hydrogen-bond donors (Lipinski definition) is 2. The van der Waals surface area contributed by atoms with Crippen LogP contribution in [0, 0.1) is 17.8 Å². The first-order valence-corrected chi connectivity index (χ1v) is 8.01. The standard InChI is InChI=1S/C16H34N2O/c1-12(2)14-6-7-16(17-5)15(10-14)11-18(8-9-19)13(3)4/h12-17,19H,6-11H2,1-5H3. The summed E-state index contributed by atoms with van der Waals surface area (Å²) in [5.41, 5.74) is 0. The maximum absolute atomic E-state index is 9.22.